The molecule has 0 fully saturated rings. The Balaban J connectivity index is 2.06. The van der Waals surface area contributed by atoms with E-state index in [1.807, 2.05) is 12.1 Å². The Bertz CT molecular complexity index is 663. The lowest BCUT2D eigenvalue weighted by molar-refractivity contribution is 0.624. The quantitative estimate of drug-likeness (QED) is 0.911. The van der Waals surface area contributed by atoms with Crippen molar-refractivity contribution < 1.29 is 4.39 Å². The molecule has 0 radical (unpaired) electrons. The zero-order valence-electron chi connectivity index (χ0n) is 10.0. The summed E-state index contributed by atoms with van der Waals surface area (Å²) < 4.78 is 13.1. The molecule has 0 spiro atoms. The Kier molecular flexibility index (Phi) is 3.75. The van der Waals surface area contributed by atoms with E-state index in [-0.39, 0.29) is 5.56 Å². The second-order valence-corrected chi connectivity index (χ2v) is 3.97. The molecule has 1 N–H and O–H groups in total. The van der Waals surface area contributed by atoms with E-state index in [2.05, 4.69) is 11.4 Å². The van der Waals surface area contributed by atoms with Crippen LogP contribution in [0.2, 0.25) is 0 Å². The van der Waals surface area contributed by atoms with E-state index < -0.39 is 5.82 Å². The molecule has 0 amide bonds. The van der Waals surface area contributed by atoms with E-state index in [4.69, 9.17) is 10.5 Å². The molecule has 0 atom stereocenters. The molecule has 3 nitrogen and oxygen atoms in total. The highest BCUT2D eigenvalue weighted by atomic mass is 19.1. The monoisotopic (exact) mass is 251 g/mol. The van der Waals surface area contributed by atoms with Gasteiger partial charge in [0, 0.05) is 12.2 Å². The molecule has 2 aromatic rings. The summed E-state index contributed by atoms with van der Waals surface area (Å²) in [7, 11) is 0. The topological polar surface area (TPSA) is 59.6 Å². The van der Waals surface area contributed by atoms with E-state index in [0.29, 0.717) is 17.8 Å². The van der Waals surface area contributed by atoms with Gasteiger partial charge in [-0.25, -0.2) is 4.39 Å². The summed E-state index contributed by atoms with van der Waals surface area (Å²) in [5.74, 6) is -0.522. The molecular weight excluding hydrogens is 241 g/mol. The minimum Gasteiger partial charge on any atom is -0.381 e. The van der Waals surface area contributed by atoms with Gasteiger partial charge in [0.05, 0.1) is 17.2 Å². The second kappa shape index (κ2) is 5.66. The third-order valence-electron chi connectivity index (χ3n) is 2.67. The van der Waals surface area contributed by atoms with Crippen molar-refractivity contribution in [3.8, 4) is 12.1 Å². The molecule has 0 aliphatic heterocycles. The largest absolute Gasteiger partial charge is 0.381 e. The SMILES string of the molecule is N#Cc1ccc(CNc2ccc(F)c(C#N)c2)cc1. The normalized spacial score (nSPS) is 9.42. The molecule has 0 aliphatic carbocycles. The first-order chi connectivity index (χ1) is 9.22. The standard InChI is InChI=1S/C15H10FN3/c16-15-6-5-14(7-13(15)9-18)19-10-12-3-1-11(8-17)2-4-12/h1-7,19H,10H2. The zero-order valence-corrected chi connectivity index (χ0v) is 10.0. The van der Waals surface area contributed by atoms with Gasteiger partial charge in [-0.05, 0) is 35.9 Å². The summed E-state index contributed by atoms with van der Waals surface area (Å²) in [6, 6.07) is 15.3. The lowest BCUT2D eigenvalue weighted by Gasteiger charge is -2.07. The van der Waals surface area contributed by atoms with Crippen LogP contribution in [-0.2, 0) is 6.54 Å². The van der Waals surface area contributed by atoms with Crippen molar-refractivity contribution in [2.24, 2.45) is 0 Å². The summed E-state index contributed by atoms with van der Waals surface area (Å²) in [6.45, 7) is 0.544. The number of nitrogens with zero attached hydrogens (tertiary/aromatic N) is 2. The van der Waals surface area contributed by atoms with E-state index in [0.717, 1.165) is 5.56 Å². The third kappa shape index (κ3) is 3.08. The van der Waals surface area contributed by atoms with Gasteiger partial charge in [0.25, 0.3) is 0 Å². The zero-order chi connectivity index (χ0) is 13.7. The summed E-state index contributed by atoms with van der Waals surface area (Å²) >= 11 is 0. The molecular formula is C15H10FN3. The maximum Gasteiger partial charge on any atom is 0.141 e. The maximum atomic E-state index is 13.1. The van der Waals surface area contributed by atoms with Gasteiger partial charge in [0.15, 0.2) is 0 Å². The minimum absolute atomic E-state index is 0.0184. The van der Waals surface area contributed by atoms with Gasteiger partial charge in [-0.3, -0.25) is 0 Å². The van der Waals surface area contributed by atoms with Gasteiger partial charge in [-0.2, -0.15) is 10.5 Å². The Morgan fingerprint density at radius 2 is 1.74 bits per heavy atom. The van der Waals surface area contributed by atoms with Crippen molar-refractivity contribution in [1.29, 1.82) is 10.5 Å². The number of anilines is 1. The first kappa shape index (κ1) is 12.6. The van der Waals surface area contributed by atoms with Crippen molar-refractivity contribution in [3.05, 3.63) is 65.0 Å². The molecule has 0 aromatic heterocycles. The molecule has 0 heterocycles. The Morgan fingerprint density at radius 3 is 2.37 bits per heavy atom. The van der Waals surface area contributed by atoms with Crippen molar-refractivity contribution in [2.45, 2.75) is 6.54 Å². The number of benzene rings is 2. The highest BCUT2D eigenvalue weighted by Crippen LogP contribution is 2.15. The first-order valence-corrected chi connectivity index (χ1v) is 5.65. The molecule has 0 bridgehead atoms. The maximum absolute atomic E-state index is 13.1. The van der Waals surface area contributed by atoms with Crippen molar-refractivity contribution >= 4 is 5.69 Å². The van der Waals surface area contributed by atoms with E-state index in [1.165, 1.54) is 12.1 Å². The number of nitrogens with one attached hydrogen (secondary N) is 1. The molecule has 0 unspecified atom stereocenters. The summed E-state index contributed by atoms with van der Waals surface area (Å²) in [5, 5.41) is 20.5. The van der Waals surface area contributed by atoms with Crippen LogP contribution in [0.25, 0.3) is 0 Å². The van der Waals surface area contributed by atoms with Gasteiger partial charge < -0.3 is 5.32 Å². The minimum atomic E-state index is -0.522. The van der Waals surface area contributed by atoms with Crippen LogP contribution in [-0.4, -0.2) is 0 Å². The smallest absolute Gasteiger partial charge is 0.141 e. The molecule has 4 heteroatoms. The van der Waals surface area contributed by atoms with Gasteiger partial charge >= 0.3 is 0 Å². The first-order valence-electron chi connectivity index (χ1n) is 5.65. The molecule has 0 saturated carbocycles. The van der Waals surface area contributed by atoms with Crippen molar-refractivity contribution in [3.63, 3.8) is 0 Å². The summed E-state index contributed by atoms with van der Waals surface area (Å²) in [5.41, 5.74) is 2.31. The van der Waals surface area contributed by atoms with Crippen LogP contribution >= 0.6 is 0 Å². The van der Waals surface area contributed by atoms with Crippen LogP contribution in [0.5, 0.6) is 0 Å². The molecule has 0 aliphatic rings. The van der Waals surface area contributed by atoms with Crippen molar-refractivity contribution in [1.82, 2.24) is 0 Å². The lowest BCUT2D eigenvalue weighted by Crippen LogP contribution is -2.00. The van der Waals surface area contributed by atoms with E-state index >= 15 is 0 Å². The molecule has 2 rings (SSSR count). The fourth-order valence-electron chi connectivity index (χ4n) is 1.62. The van der Waals surface area contributed by atoms with Gasteiger partial charge in [-0.15, -0.1) is 0 Å². The average molecular weight is 251 g/mol. The average Bonchev–Trinajstić information content (AvgIpc) is 2.47. The van der Waals surface area contributed by atoms with Gasteiger partial charge in [0.1, 0.15) is 11.9 Å². The highest BCUT2D eigenvalue weighted by Gasteiger charge is 2.02. The fourth-order valence-corrected chi connectivity index (χ4v) is 1.62. The number of nitriles is 2. The molecule has 19 heavy (non-hydrogen) atoms. The summed E-state index contributed by atoms with van der Waals surface area (Å²) in [4.78, 5) is 0. The number of halogens is 1. The predicted molar refractivity (Wildman–Crippen MR) is 69.6 cm³/mol. The van der Waals surface area contributed by atoms with Crippen LogP contribution < -0.4 is 5.32 Å². The highest BCUT2D eigenvalue weighted by molar-refractivity contribution is 5.50. The van der Waals surface area contributed by atoms with E-state index in [9.17, 15) is 4.39 Å². The van der Waals surface area contributed by atoms with Crippen LogP contribution in [0.1, 0.15) is 16.7 Å². The second-order valence-electron chi connectivity index (χ2n) is 3.97. The third-order valence-corrected chi connectivity index (χ3v) is 2.67. The van der Waals surface area contributed by atoms with Crippen LogP contribution in [0, 0.1) is 28.5 Å². The Morgan fingerprint density at radius 1 is 1.00 bits per heavy atom. The lowest BCUT2D eigenvalue weighted by atomic mass is 10.1. The summed E-state index contributed by atoms with van der Waals surface area (Å²) in [6.07, 6.45) is 0. The number of hydrogen-bond acceptors (Lipinski definition) is 3. The van der Waals surface area contributed by atoms with Gasteiger partial charge in [0.2, 0.25) is 0 Å². The number of rotatable bonds is 3. The Hall–Kier alpha value is -2.85. The molecule has 0 saturated heterocycles. The van der Waals surface area contributed by atoms with Gasteiger partial charge in [-0.1, -0.05) is 12.1 Å². The Labute approximate surface area is 110 Å². The molecule has 92 valence electrons. The number of hydrogen-bond donors (Lipinski definition) is 1. The van der Waals surface area contributed by atoms with Crippen LogP contribution in [0.3, 0.4) is 0 Å². The predicted octanol–water partition coefficient (Wildman–Crippen LogP) is 3.18. The van der Waals surface area contributed by atoms with E-state index in [1.54, 1.807) is 24.3 Å². The fraction of sp³-hybridized carbons (Fsp3) is 0.0667. The van der Waals surface area contributed by atoms with Crippen molar-refractivity contribution in [2.75, 3.05) is 5.32 Å². The van der Waals surface area contributed by atoms with Crippen LogP contribution in [0.15, 0.2) is 42.5 Å². The molecule has 2 aromatic carbocycles. The van der Waals surface area contributed by atoms with Crippen LogP contribution in [0.4, 0.5) is 10.1 Å².